The number of aryl methyl sites for hydroxylation is 1. The van der Waals surface area contributed by atoms with Gasteiger partial charge in [-0.05, 0) is 31.9 Å². The van der Waals surface area contributed by atoms with Crippen molar-refractivity contribution in [3.63, 3.8) is 0 Å². The summed E-state index contributed by atoms with van der Waals surface area (Å²) in [5.41, 5.74) is 2.81. The van der Waals surface area contributed by atoms with Gasteiger partial charge in [-0.15, -0.1) is 0 Å². The lowest BCUT2D eigenvalue weighted by molar-refractivity contribution is -0.142. The predicted octanol–water partition coefficient (Wildman–Crippen LogP) is 4.20. The van der Waals surface area contributed by atoms with Crippen LogP contribution in [0.2, 0.25) is 0 Å². The van der Waals surface area contributed by atoms with Crippen LogP contribution in [-0.4, -0.2) is 54.0 Å². The maximum Gasteiger partial charge on any atom is 0.253 e. The van der Waals surface area contributed by atoms with Crippen molar-refractivity contribution in [2.75, 3.05) is 27.2 Å². The van der Waals surface area contributed by atoms with E-state index in [4.69, 9.17) is 4.52 Å². The second-order valence-corrected chi connectivity index (χ2v) is 8.90. The molecule has 0 radical (unpaired) electrons. The lowest BCUT2D eigenvalue weighted by atomic mass is 9.75. The number of likely N-dealkylation sites (tertiary alicyclic amines) is 1. The third-order valence-electron chi connectivity index (χ3n) is 6.16. The van der Waals surface area contributed by atoms with Gasteiger partial charge in [-0.3, -0.25) is 9.59 Å². The Bertz CT molecular complexity index is 1090. The number of carbonyl (C=O) groups excluding carboxylic acids is 2. The fourth-order valence-electron chi connectivity index (χ4n) is 4.53. The summed E-state index contributed by atoms with van der Waals surface area (Å²) in [4.78, 5) is 29.9. The van der Waals surface area contributed by atoms with Crippen LogP contribution in [0.15, 0.2) is 65.2 Å². The van der Waals surface area contributed by atoms with Gasteiger partial charge >= 0.3 is 0 Å². The van der Waals surface area contributed by atoms with Gasteiger partial charge in [0.2, 0.25) is 5.91 Å². The van der Waals surface area contributed by atoms with E-state index in [0.29, 0.717) is 37.3 Å². The lowest BCUT2D eigenvalue weighted by Crippen LogP contribution is -2.54. The summed E-state index contributed by atoms with van der Waals surface area (Å²) < 4.78 is 5.66. The highest BCUT2D eigenvalue weighted by Gasteiger charge is 2.45. The molecule has 2 heterocycles. The zero-order valence-corrected chi connectivity index (χ0v) is 18.9. The highest BCUT2D eigenvalue weighted by Crippen LogP contribution is 2.37. The number of benzene rings is 2. The van der Waals surface area contributed by atoms with Crippen molar-refractivity contribution in [3.8, 4) is 11.3 Å². The molecule has 1 aromatic heterocycles. The van der Waals surface area contributed by atoms with Crippen LogP contribution in [0.5, 0.6) is 0 Å². The van der Waals surface area contributed by atoms with Crippen molar-refractivity contribution in [3.05, 3.63) is 77.6 Å². The minimum Gasteiger partial charge on any atom is -0.361 e. The quantitative estimate of drug-likeness (QED) is 0.607. The van der Waals surface area contributed by atoms with Gasteiger partial charge in [0.05, 0.1) is 5.41 Å². The normalized spacial score (nSPS) is 18.4. The van der Waals surface area contributed by atoms with Gasteiger partial charge in [-0.1, -0.05) is 53.2 Å². The zero-order valence-electron chi connectivity index (χ0n) is 18.9. The monoisotopic (exact) mass is 431 g/mol. The number of rotatable bonds is 5. The van der Waals surface area contributed by atoms with Gasteiger partial charge in [0.25, 0.3) is 5.91 Å². The van der Waals surface area contributed by atoms with Gasteiger partial charge in [0, 0.05) is 50.8 Å². The number of hydrogen-bond acceptors (Lipinski definition) is 4. The molecule has 0 bridgehead atoms. The van der Waals surface area contributed by atoms with Crippen LogP contribution >= 0.6 is 0 Å². The summed E-state index contributed by atoms with van der Waals surface area (Å²) in [6.45, 7) is 3.04. The molecule has 1 saturated heterocycles. The van der Waals surface area contributed by atoms with Crippen LogP contribution in [0.1, 0.15) is 34.5 Å². The molecule has 0 spiro atoms. The summed E-state index contributed by atoms with van der Waals surface area (Å²) in [6.07, 6.45) is 1.86. The van der Waals surface area contributed by atoms with E-state index < -0.39 is 5.41 Å². The SMILES string of the molecule is Cc1ccc(-c2cc(C[C@@]3(C(=O)N(C)C)CCCN(C(=O)c4ccccc4)C3)on2)cc1. The Balaban J connectivity index is 1.60. The Morgan fingerprint density at radius 3 is 2.50 bits per heavy atom. The molecule has 0 N–H and O–H groups in total. The number of hydrogen-bond donors (Lipinski definition) is 0. The molecule has 1 atom stereocenters. The van der Waals surface area contributed by atoms with E-state index in [9.17, 15) is 9.59 Å². The Labute approximate surface area is 188 Å². The van der Waals surface area contributed by atoms with Crippen molar-refractivity contribution in [2.24, 2.45) is 5.41 Å². The van der Waals surface area contributed by atoms with Crippen LogP contribution in [-0.2, 0) is 11.2 Å². The first-order valence-electron chi connectivity index (χ1n) is 11.0. The van der Waals surface area contributed by atoms with Crippen molar-refractivity contribution >= 4 is 11.8 Å². The Morgan fingerprint density at radius 2 is 1.81 bits per heavy atom. The van der Waals surface area contributed by atoms with Crippen molar-refractivity contribution in [2.45, 2.75) is 26.2 Å². The standard InChI is InChI=1S/C26H29N3O3/c1-19-10-12-20(13-11-19)23-16-22(32-27-23)17-26(25(31)28(2)3)14-7-15-29(18-26)24(30)21-8-5-4-6-9-21/h4-6,8-13,16H,7,14-15,17-18H2,1-3H3/t26-/m0/s1. The third-order valence-corrected chi connectivity index (χ3v) is 6.16. The second kappa shape index (κ2) is 8.99. The van der Waals surface area contributed by atoms with Crippen LogP contribution in [0.25, 0.3) is 11.3 Å². The molecule has 1 aliphatic heterocycles. The first-order chi connectivity index (χ1) is 15.4. The van der Waals surface area contributed by atoms with Crippen molar-refractivity contribution < 1.29 is 14.1 Å². The number of piperidine rings is 1. The molecule has 166 valence electrons. The molecule has 1 aliphatic rings. The molecule has 0 unspecified atom stereocenters. The summed E-state index contributed by atoms with van der Waals surface area (Å²) in [5, 5.41) is 4.24. The average Bonchev–Trinajstić information content (AvgIpc) is 3.27. The molecule has 2 aromatic carbocycles. The predicted molar refractivity (Wildman–Crippen MR) is 123 cm³/mol. The second-order valence-electron chi connectivity index (χ2n) is 8.90. The third kappa shape index (κ3) is 4.44. The molecular weight excluding hydrogens is 402 g/mol. The van der Waals surface area contributed by atoms with E-state index in [2.05, 4.69) is 5.16 Å². The number of amides is 2. The number of nitrogens with zero attached hydrogens (tertiary/aromatic N) is 3. The lowest BCUT2D eigenvalue weighted by Gasteiger charge is -2.42. The molecular formula is C26H29N3O3. The average molecular weight is 432 g/mol. The highest BCUT2D eigenvalue weighted by atomic mass is 16.5. The molecule has 4 rings (SSSR count). The van der Waals surface area contributed by atoms with Crippen LogP contribution in [0.4, 0.5) is 0 Å². The molecule has 0 aliphatic carbocycles. The zero-order chi connectivity index (χ0) is 22.7. The van der Waals surface area contributed by atoms with Gasteiger partial charge in [-0.25, -0.2) is 0 Å². The van der Waals surface area contributed by atoms with Crippen LogP contribution in [0, 0.1) is 12.3 Å². The van der Waals surface area contributed by atoms with Crippen LogP contribution < -0.4 is 0 Å². The summed E-state index contributed by atoms with van der Waals surface area (Å²) >= 11 is 0. The molecule has 6 heteroatoms. The fraction of sp³-hybridized carbons (Fsp3) is 0.346. The maximum absolute atomic E-state index is 13.4. The Hall–Kier alpha value is -3.41. The summed E-state index contributed by atoms with van der Waals surface area (Å²) in [5.74, 6) is 0.625. The van der Waals surface area contributed by atoms with Crippen molar-refractivity contribution in [1.29, 1.82) is 0 Å². The molecule has 2 amide bonds. The van der Waals surface area contributed by atoms with E-state index >= 15 is 0 Å². The van der Waals surface area contributed by atoms with E-state index in [1.807, 2.05) is 67.6 Å². The topological polar surface area (TPSA) is 66.7 Å². The molecule has 3 aromatic rings. The Morgan fingerprint density at radius 1 is 1.09 bits per heavy atom. The minimum atomic E-state index is -0.740. The Kier molecular flexibility index (Phi) is 6.12. The van der Waals surface area contributed by atoms with Gasteiger partial charge in [-0.2, -0.15) is 0 Å². The van der Waals surface area contributed by atoms with Gasteiger partial charge in [0.1, 0.15) is 11.5 Å². The fourth-order valence-corrected chi connectivity index (χ4v) is 4.53. The van der Waals surface area contributed by atoms with Gasteiger partial charge < -0.3 is 14.3 Å². The molecule has 32 heavy (non-hydrogen) atoms. The molecule has 6 nitrogen and oxygen atoms in total. The maximum atomic E-state index is 13.4. The molecule has 1 fully saturated rings. The number of aromatic nitrogens is 1. The number of carbonyl (C=O) groups is 2. The van der Waals surface area contributed by atoms with E-state index in [-0.39, 0.29) is 11.8 Å². The summed E-state index contributed by atoms with van der Waals surface area (Å²) in [6, 6.07) is 19.2. The van der Waals surface area contributed by atoms with E-state index in [1.165, 1.54) is 5.56 Å². The van der Waals surface area contributed by atoms with Gasteiger partial charge in [0.15, 0.2) is 0 Å². The largest absolute Gasteiger partial charge is 0.361 e. The minimum absolute atomic E-state index is 0.0105. The van der Waals surface area contributed by atoms with Crippen molar-refractivity contribution in [1.82, 2.24) is 15.0 Å². The first kappa shape index (κ1) is 21.8. The van der Waals surface area contributed by atoms with E-state index in [1.54, 1.807) is 23.9 Å². The molecule has 0 saturated carbocycles. The van der Waals surface area contributed by atoms with Crippen LogP contribution in [0.3, 0.4) is 0 Å². The highest BCUT2D eigenvalue weighted by molar-refractivity contribution is 5.95. The smallest absolute Gasteiger partial charge is 0.253 e. The summed E-state index contributed by atoms with van der Waals surface area (Å²) in [7, 11) is 3.53. The first-order valence-corrected chi connectivity index (χ1v) is 11.0. The van der Waals surface area contributed by atoms with E-state index in [0.717, 1.165) is 17.7 Å².